The van der Waals surface area contributed by atoms with Crippen molar-refractivity contribution in [2.45, 2.75) is 6.42 Å². The number of Topliss-reactive ketones (excluding diaryl/α,β-unsaturated/α-hetero) is 1. The Bertz CT molecular complexity index is 1410. The van der Waals surface area contributed by atoms with Gasteiger partial charge in [0.1, 0.15) is 11.5 Å². The molecule has 0 radical (unpaired) electrons. The van der Waals surface area contributed by atoms with E-state index in [2.05, 4.69) is 0 Å². The molecule has 204 valence electrons. The number of hydrogen-bond donors (Lipinski definition) is 1. The molecule has 0 aromatic heterocycles. The summed E-state index contributed by atoms with van der Waals surface area (Å²) in [4.78, 5) is 26.9. The van der Waals surface area contributed by atoms with E-state index in [1.807, 2.05) is 0 Å². The van der Waals surface area contributed by atoms with Gasteiger partial charge in [0.2, 0.25) is 12.5 Å². The van der Waals surface area contributed by atoms with Crippen molar-refractivity contribution in [1.82, 2.24) is 0 Å². The first-order chi connectivity index (χ1) is 18.8. The predicted octanol–water partition coefficient (Wildman–Crippen LogP) is 4.42. The average Bonchev–Trinajstić information content (AvgIpc) is 3.43. The van der Waals surface area contributed by atoms with Crippen molar-refractivity contribution in [2.75, 3.05) is 42.3 Å². The van der Waals surface area contributed by atoms with Crippen LogP contribution in [0.3, 0.4) is 0 Å². The number of rotatable bonds is 11. The number of ketones is 1. The lowest BCUT2D eigenvalue weighted by Gasteiger charge is -2.17. The molecule has 0 bridgehead atoms. The summed E-state index contributed by atoms with van der Waals surface area (Å²) in [5.41, 5.74) is 0.791. The molecule has 1 heterocycles. The van der Waals surface area contributed by atoms with Gasteiger partial charge in [-0.05, 0) is 47.5 Å². The molecular weight excluding hydrogens is 508 g/mol. The lowest BCUT2D eigenvalue weighted by molar-refractivity contribution is -0.130. The minimum atomic E-state index is -1.29. The first-order valence-electron chi connectivity index (χ1n) is 11.8. The zero-order valence-corrected chi connectivity index (χ0v) is 22.2. The highest BCUT2D eigenvalue weighted by Crippen LogP contribution is 2.41. The van der Waals surface area contributed by atoms with E-state index in [0.717, 1.165) is 0 Å². The molecular formula is C29H28O10. The lowest BCUT2D eigenvalue weighted by atomic mass is 9.88. The summed E-state index contributed by atoms with van der Waals surface area (Å²) in [6, 6.07) is 12.8. The van der Waals surface area contributed by atoms with Crippen LogP contribution in [0, 0.1) is 0 Å². The van der Waals surface area contributed by atoms with Crippen LogP contribution >= 0.6 is 0 Å². The van der Waals surface area contributed by atoms with Gasteiger partial charge in [0.05, 0.1) is 46.7 Å². The van der Waals surface area contributed by atoms with Crippen molar-refractivity contribution in [3.05, 3.63) is 70.8 Å². The van der Waals surface area contributed by atoms with Crippen molar-refractivity contribution in [3.8, 4) is 40.2 Å². The largest absolute Gasteiger partial charge is 0.497 e. The molecule has 1 aliphatic rings. The fraction of sp³-hybridized carbons (Fsp3) is 0.241. The van der Waals surface area contributed by atoms with Crippen LogP contribution in [0.25, 0.3) is 5.57 Å². The van der Waals surface area contributed by atoms with Crippen molar-refractivity contribution >= 4 is 17.3 Å². The van der Waals surface area contributed by atoms with Gasteiger partial charge in [0.25, 0.3) is 0 Å². The lowest BCUT2D eigenvalue weighted by Crippen LogP contribution is -2.15. The number of aliphatic carboxylic acids is 1. The van der Waals surface area contributed by atoms with Crippen LogP contribution in [0.1, 0.15) is 21.5 Å². The van der Waals surface area contributed by atoms with Gasteiger partial charge in [-0.3, -0.25) is 4.79 Å². The molecule has 10 nitrogen and oxygen atoms in total. The Morgan fingerprint density at radius 1 is 0.769 bits per heavy atom. The standard InChI is InChI=1S/C29H28O10/c1-33-18-7-8-19(22(14-18)34-2)27(30)20(10-16-11-24(35-3)28(37-5)25(12-16)36-4)26(29(31)32)17-6-9-21-23(13-17)39-15-38-21/h6-9,11-14H,10,15H2,1-5H3,(H,31,32). The number of carbonyl (C=O) groups excluding carboxylic acids is 1. The van der Waals surface area contributed by atoms with Gasteiger partial charge in [-0.1, -0.05) is 6.07 Å². The Labute approximate surface area is 225 Å². The molecule has 0 spiro atoms. The summed E-state index contributed by atoms with van der Waals surface area (Å²) in [6.45, 7) is 0.0190. The Kier molecular flexibility index (Phi) is 8.14. The molecule has 3 aromatic carbocycles. The number of hydrogen-bond acceptors (Lipinski definition) is 9. The molecule has 0 atom stereocenters. The SMILES string of the molecule is COc1ccc(C(=O)C(Cc2cc(OC)c(OC)c(OC)c2)=C(C(=O)O)c2ccc3c(c2)OCO3)c(OC)c1. The summed E-state index contributed by atoms with van der Waals surface area (Å²) >= 11 is 0. The number of fused-ring (bicyclic) bond motifs is 1. The van der Waals surface area contributed by atoms with Crippen molar-refractivity contribution in [2.24, 2.45) is 0 Å². The van der Waals surface area contributed by atoms with Crippen molar-refractivity contribution < 1.29 is 47.9 Å². The quantitative estimate of drug-likeness (QED) is 0.279. The summed E-state index contributed by atoms with van der Waals surface area (Å²) in [5.74, 6) is 0.832. The summed E-state index contributed by atoms with van der Waals surface area (Å²) in [6.07, 6.45) is -0.0825. The number of allylic oxidation sites excluding steroid dienone is 1. The summed E-state index contributed by atoms with van der Waals surface area (Å²) in [5, 5.41) is 10.4. The highest BCUT2D eigenvalue weighted by molar-refractivity contribution is 6.27. The molecule has 4 rings (SSSR count). The summed E-state index contributed by atoms with van der Waals surface area (Å²) in [7, 11) is 7.34. The first-order valence-corrected chi connectivity index (χ1v) is 11.8. The molecule has 1 N–H and O–H groups in total. The number of benzene rings is 3. The minimum absolute atomic E-state index is 0.000829. The second-order valence-electron chi connectivity index (χ2n) is 8.33. The van der Waals surface area contributed by atoms with Gasteiger partial charge in [0, 0.05) is 18.1 Å². The van der Waals surface area contributed by atoms with E-state index >= 15 is 0 Å². The van der Waals surface area contributed by atoms with Crippen LogP contribution in [0.2, 0.25) is 0 Å². The Morgan fingerprint density at radius 2 is 1.44 bits per heavy atom. The van der Waals surface area contributed by atoms with Crippen molar-refractivity contribution in [3.63, 3.8) is 0 Å². The average molecular weight is 537 g/mol. The third kappa shape index (κ3) is 5.40. The van der Waals surface area contributed by atoms with Crippen LogP contribution in [-0.2, 0) is 11.2 Å². The van der Waals surface area contributed by atoms with Crippen LogP contribution in [-0.4, -0.2) is 59.2 Å². The van der Waals surface area contributed by atoms with Gasteiger partial charge in [-0.15, -0.1) is 0 Å². The van der Waals surface area contributed by atoms with Crippen LogP contribution in [0.5, 0.6) is 40.2 Å². The molecule has 10 heteroatoms. The topological polar surface area (TPSA) is 119 Å². The van der Waals surface area contributed by atoms with E-state index in [-0.39, 0.29) is 41.2 Å². The third-order valence-corrected chi connectivity index (χ3v) is 6.21. The molecule has 0 saturated heterocycles. The minimum Gasteiger partial charge on any atom is -0.497 e. The van der Waals surface area contributed by atoms with Crippen LogP contribution in [0.4, 0.5) is 0 Å². The zero-order valence-electron chi connectivity index (χ0n) is 22.2. The molecule has 0 unspecified atom stereocenters. The number of ether oxygens (including phenoxy) is 7. The van der Waals surface area contributed by atoms with Crippen LogP contribution in [0.15, 0.2) is 54.1 Å². The fourth-order valence-electron chi connectivity index (χ4n) is 4.35. The second-order valence-corrected chi connectivity index (χ2v) is 8.33. The molecule has 0 aliphatic carbocycles. The maximum Gasteiger partial charge on any atom is 0.336 e. The van der Waals surface area contributed by atoms with Gasteiger partial charge in [0.15, 0.2) is 28.8 Å². The summed E-state index contributed by atoms with van der Waals surface area (Å²) < 4.78 is 37.9. The molecule has 1 aliphatic heterocycles. The van der Waals surface area contributed by atoms with E-state index in [9.17, 15) is 14.7 Å². The van der Waals surface area contributed by atoms with E-state index in [1.165, 1.54) is 41.6 Å². The number of carboxylic acid groups (broad SMARTS) is 1. The van der Waals surface area contributed by atoms with E-state index in [1.54, 1.807) is 42.5 Å². The molecule has 39 heavy (non-hydrogen) atoms. The number of carboxylic acids is 1. The normalized spacial score (nSPS) is 12.3. The monoisotopic (exact) mass is 536 g/mol. The highest BCUT2D eigenvalue weighted by atomic mass is 16.7. The second kappa shape index (κ2) is 11.7. The Balaban J connectivity index is 1.95. The van der Waals surface area contributed by atoms with E-state index < -0.39 is 11.8 Å². The number of methoxy groups -OCH3 is 5. The number of carbonyl (C=O) groups is 2. The molecule has 3 aromatic rings. The smallest absolute Gasteiger partial charge is 0.336 e. The van der Waals surface area contributed by atoms with Gasteiger partial charge >= 0.3 is 5.97 Å². The maximum absolute atomic E-state index is 14.1. The zero-order chi connectivity index (χ0) is 28.1. The Hall–Kier alpha value is -4.86. The van der Waals surface area contributed by atoms with Gasteiger partial charge < -0.3 is 38.3 Å². The van der Waals surface area contributed by atoms with Gasteiger partial charge in [-0.2, -0.15) is 0 Å². The maximum atomic E-state index is 14.1. The van der Waals surface area contributed by atoms with Crippen LogP contribution < -0.4 is 33.2 Å². The predicted molar refractivity (Wildman–Crippen MR) is 141 cm³/mol. The van der Waals surface area contributed by atoms with E-state index in [0.29, 0.717) is 40.1 Å². The first kappa shape index (κ1) is 27.2. The van der Waals surface area contributed by atoms with Gasteiger partial charge in [-0.25, -0.2) is 4.79 Å². The fourth-order valence-corrected chi connectivity index (χ4v) is 4.35. The highest BCUT2D eigenvalue weighted by Gasteiger charge is 2.28. The molecule has 0 fully saturated rings. The molecule has 0 saturated carbocycles. The third-order valence-electron chi connectivity index (χ3n) is 6.21. The molecule has 0 amide bonds. The van der Waals surface area contributed by atoms with Crippen molar-refractivity contribution in [1.29, 1.82) is 0 Å². The Morgan fingerprint density at radius 3 is 2.03 bits per heavy atom. The van der Waals surface area contributed by atoms with E-state index in [4.69, 9.17) is 33.2 Å².